The summed E-state index contributed by atoms with van der Waals surface area (Å²) in [6.45, 7) is 3.21. The fourth-order valence-electron chi connectivity index (χ4n) is 4.02. The maximum Gasteiger partial charge on any atom is 0.222 e. The van der Waals surface area contributed by atoms with Crippen LogP contribution in [0, 0.1) is 12.7 Å². The predicted octanol–water partition coefficient (Wildman–Crippen LogP) is 4.19. The maximum absolute atomic E-state index is 13.4. The third-order valence-electron chi connectivity index (χ3n) is 5.82. The molecule has 1 aromatic carbocycles. The normalized spacial score (nSPS) is 14.4. The van der Waals surface area contributed by atoms with Gasteiger partial charge in [-0.25, -0.2) is 14.4 Å². The van der Waals surface area contributed by atoms with E-state index in [1.807, 2.05) is 11.0 Å². The van der Waals surface area contributed by atoms with Crippen molar-refractivity contribution >= 4 is 17.5 Å². The number of likely N-dealkylation sites (tertiary alicyclic amines) is 1. The van der Waals surface area contributed by atoms with Gasteiger partial charge in [0.1, 0.15) is 17.5 Å². The first-order valence-corrected chi connectivity index (χ1v) is 11.0. The van der Waals surface area contributed by atoms with Crippen molar-refractivity contribution in [2.24, 2.45) is 0 Å². The summed E-state index contributed by atoms with van der Waals surface area (Å²) in [5.74, 6) is 1.53. The van der Waals surface area contributed by atoms with Crippen molar-refractivity contribution in [3.8, 4) is 0 Å². The maximum atomic E-state index is 13.4. The van der Waals surface area contributed by atoms with Crippen LogP contribution in [0.25, 0.3) is 0 Å². The fourth-order valence-corrected chi connectivity index (χ4v) is 4.02. The molecule has 7 nitrogen and oxygen atoms in total. The van der Waals surface area contributed by atoms with Crippen molar-refractivity contribution in [2.75, 3.05) is 18.4 Å². The highest BCUT2D eigenvalue weighted by molar-refractivity contribution is 5.76. The number of anilines is 2. The molecular formula is C24H27FN6O. The molecule has 1 saturated heterocycles. The van der Waals surface area contributed by atoms with Gasteiger partial charge in [-0.3, -0.25) is 14.8 Å². The number of amides is 1. The van der Waals surface area contributed by atoms with Gasteiger partial charge in [0, 0.05) is 44.0 Å². The van der Waals surface area contributed by atoms with Crippen LogP contribution in [0.15, 0.2) is 49.2 Å². The van der Waals surface area contributed by atoms with Crippen LogP contribution in [0.3, 0.4) is 0 Å². The molecule has 1 N–H and O–H groups in total. The minimum Gasteiger partial charge on any atom is -0.343 e. The topological polar surface area (TPSA) is 83.9 Å². The van der Waals surface area contributed by atoms with Crippen LogP contribution in [0.2, 0.25) is 0 Å². The number of nitrogens with zero attached hydrogens (tertiary/aromatic N) is 5. The van der Waals surface area contributed by atoms with Gasteiger partial charge in [0.25, 0.3) is 0 Å². The number of hydrogen-bond donors (Lipinski definition) is 1. The Hall–Kier alpha value is -3.42. The van der Waals surface area contributed by atoms with E-state index in [0.29, 0.717) is 23.6 Å². The molecule has 3 heterocycles. The van der Waals surface area contributed by atoms with E-state index >= 15 is 0 Å². The molecular weight excluding hydrogens is 407 g/mol. The Balaban J connectivity index is 1.25. The summed E-state index contributed by atoms with van der Waals surface area (Å²) < 4.78 is 13.4. The largest absolute Gasteiger partial charge is 0.343 e. The Morgan fingerprint density at radius 3 is 2.69 bits per heavy atom. The lowest BCUT2D eigenvalue weighted by Gasteiger charge is -2.31. The van der Waals surface area contributed by atoms with Crippen LogP contribution >= 0.6 is 0 Å². The van der Waals surface area contributed by atoms with E-state index in [0.717, 1.165) is 50.0 Å². The summed E-state index contributed by atoms with van der Waals surface area (Å²) in [6, 6.07) is 5.16. The van der Waals surface area contributed by atoms with Crippen molar-refractivity contribution in [3.05, 3.63) is 71.8 Å². The molecule has 0 atom stereocenters. The van der Waals surface area contributed by atoms with Crippen molar-refractivity contribution in [1.29, 1.82) is 0 Å². The van der Waals surface area contributed by atoms with Crippen LogP contribution in [0.1, 0.15) is 48.4 Å². The zero-order valence-electron chi connectivity index (χ0n) is 18.2. The molecule has 8 heteroatoms. The van der Waals surface area contributed by atoms with E-state index in [9.17, 15) is 9.18 Å². The lowest BCUT2D eigenvalue weighted by Crippen LogP contribution is -2.38. The minimum atomic E-state index is -0.188. The molecule has 166 valence electrons. The van der Waals surface area contributed by atoms with Crippen molar-refractivity contribution in [1.82, 2.24) is 24.8 Å². The number of halogens is 1. The highest BCUT2D eigenvalue weighted by atomic mass is 19.1. The molecule has 3 aromatic rings. The lowest BCUT2D eigenvalue weighted by atomic mass is 9.93. The predicted molar refractivity (Wildman–Crippen MR) is 120 cm³/mol. The molecule has 1 aliphatic rings. The molecule has 2 aromatic heterocycles. The fraction of sp³-hybridized carbons (Fsp3) is 0.375. The molecule has 0 spiro atoms. The van der Waals surface area contributed by atoms with Gasteiger partial charge < -0.3 is 10.2 Å². The number of nitrogens with one attached hydrogen (secondary N) is 1. The summed E-state index contributed by atoms with van der Waals surface area (Å²) in [5.41, 5.74) is 2.65. The van der Waals surface area contributed by atoms with Gasteiger partial charge in [-0.05, 0) is 49.8 Å². The number of rotatable bonds is 7. The lowest BCUT2D eigenvalue weighted by molar-refractivity contribution is -0.132. The van der Waals surface area contributed by atoms with Gasteiger partial charge in [0.05, 0.1) is 18.1 Å². The molecule has 0 radical (unpaired) electrons. The highest BCUT2D eigenvalue weighted by Gasteiger charge is 2.24. The van der Waals surface area contributed by atoms with Crippen molar-refractivity contribution in [2.45, 2.75) is 44.9 Å². The van der Waals surface area contributed by atoms with Gasteiger partial charge in [-0.2, -0.15) is 0 Å². The first-order valence-electron chi connectivity index (χ1n) is 11.0. The monoisotopic (exact) mass is 434 g/mol. The van der Waals surface area contributed by atoms with Crippen molar-refractivity contribution < 1.29 is 9.18 Å². The van der Waals surface area contributed by atoms with Crippen LogP contribution in [-0.4, -0.2) is 43.8 Å². The Bertz CT molecular complexity index is 1050. The average molecular weight is 435 g/mol. The van der Waals surface area contributed by atoms with Crippen molar-refractivity contribution in [3.63, 3.8) is 0 Å². The van der Waals surface area contributed by atoms with Gasteiger partial charge in [-0.15, -0.1) is 0 Å². The standard InChI is InChI=1S/C24H27FN6O/c1-17-13-18(5-6-20(17)25)3-2-4-24(32)31-11-7-19(8-12-31)21-14-27-16-23(29-21)30-22-15-26-9-10-28-22/h5-6,9-10,13-16,19H,2-4,7-8,11-12H2,1H3,(H,28,29,30). The smallest absolute Gasteiger partial charge is 0.222 e. The summed E-state index contributed by atoms with van der Waals surface area (Å²) in [5, 5.41) is 3.12. The van der Waals surface area contributed by atoms with Gasteiger partial charge >= 0.3 is 0 Å². The second-order valence-electron chi connectivity index (χ2n) is 8.14. The van der Waals surface area contributed by atoms with Crippen LogP contribution in [0.4, 0.5) is 16.0 Å². The Morgan fingerprint density at radius 2 is 1.94 bits per heavy atom. The number of carbonyl (C=O) groups is 1. The van der Waals surface area contributed by atoms with Gasteiger partial charge in [0.15, 0.2) is 0 Å². The molecule has 1 amide bonds. The molecule has 0 aliphatic carbocycles. The second kappa shape index (κ2) is 10.3. The zero-order chi connectivity index (χ0) is 22.3. The van der Waals surface area contributed by atoms with E-state index < -0.39 is 0 Å². The minimum absolute atomic E-state index is 0.187. The first kappa shape index (κ1) is 21.8. The Kier molecular flexibility index (Phi) is 6.99. The number of aryl methyl sites for hydroxylation is 2. The highest BCUT2D eigenvalue weighted by Crippen LogP contribution is 2.27. The molecule has 32 heavy (non-hydrogen) atoms. The van der Waals surface area contributed by atoms with Crippen LogP contribution < -0.4 is 5.32 Å². The van der Waals surface area contributed by atoms with E-state index in [2.05, 4.69) is 25.3 Å². The third kappa shape index (κ3) is 5.63. The first-order chi connectivity index (χ1) is 15.6. The zero-order valence-corrected chi connectivity index (χ0v) is 18.2. The van der Waals surface area contributed by atoms with E-state index in [-0.39, 0.29) is 17.6 Å². The third-order valence-corrected chi connectivity index (χ3v) is 5.82. The average Bonchev–Trinajstić information content (AvgIpc) is 2.82. The molecule has 0 saturated carbocycles. The molecule has 4 rings (SSSR count). The summed E-state index contributed by atoms with van der Waals surface area (Å²) in [6.07, 6.45) is 12.1. The quantitative estimate of drug-likeness (QED) is 0.600. The molecule has 0 bridgehead atoms. The molecule has 1 fully saturated rings. The molecule has 1 aliphatic heterocycles. The summed E-state index contributed by atoms with van der Waals surface area (Å²) in [4.78, 5) is 31.8. The Labute approximate surface area is 187 Å². The van der Waals surface area contributed by atoms with Crippen LogP contribution in [0.5, 0.6) is 0 Å². The number of piperidine rings is 1. The van der Waals surface area contributed by atoms with Gasteiger partial charge in [-0.1, -0.05) is 12.1 Å². The number of hydrogen-bond acceptors (Lipinski definition) is 6. The number of carbonyl (C=O) groups excluding carboxylic acids is 1. The van der Waals surface area contributed by atoms with Gasteiger partial charge in [0.2, 0.25) is 5.91 Å². The summed E-state index contributed by atoms with van der Waals surface area (Å²) in [7, 11) is 0. The SMILES string of the molecule is Cc1cc(CCCC(=O)N2CCC(c3cncc(Nc4cnccn4)n3)CC2)ccc1F. The van der Waals surface area contributed by atoms with E-state index in [1.54, 1.807) is 44.0 Å². The van der Waals surface area contributed by atoms with E-state index in [4.69, 9.17) is 0 Å². The number of benzene rings is 1. The molecule has 0 unspecified atom stereocenters. The number of aromatic nitrogens is 4. The summed E-state index contributed by atoms with van der Waals surface area (Å²) >= 11 is 0. The second-order valence-corrected chi connectivity index (χ2v) is 8.14. The van der Waals surface area contributed by atoms with Crippen LogP contribution in [-0.2, 0) is 11.2 Å². The van der Waals surface area contributed by atoms with E-state index in [1.165, 1.54) is 6.07 Å². The Morgan fingerprint density at radius 1 is 1.12 bits per heavy atom.